The molecule has 1 aliphatic heterocycles. The summed E-state index contributed by atoms with van der Waals surface area (Å²) < 4.78 is 27.0. The highest BCUT2D eigenvalue weighted by atomic mass is 35.5. The molecule has 3 rings (SSSR count). The van der Waals surface area contributed by atoms with Crippen LogP contribution in [0.25, 0.3) is 0 Å². The lowest BCUT2D eigenvalue weighted by molar-refractivity contribution is -0.134. The third-order valence-electron chi connectivity index (χ3n) is 4.55. The van der Waals surface area contributed by atoms with Gasteiger partial charge in [-0.25, -0.2) is 13.6 Å². The van der Waals surface area contributed by atoms with Crippen molar-refractivity contribution in [1.29, 1.82) is 0 Å². The fourth-order valence-corrected chi connectivity index (χ4v) is 3.23. The van der Waals surface area contributed by atoms with Gasteiger partial charge in [0.15, 0.2) is 0 Å². The molecule has 9 heteroatoms. The van der Waals surface area contributed by atoms with Crippen molar-refractivity contribution in [2.24, 2.45) is 0 Å². The molecule has 6 nitrogen and oxygen atoms in total. The normalized spacial score (nSPS) is 18.9. The van der Waals surface area contributed by atoms with E-state index in [4.69, 9.17) is 11.6 Å². The second kappa shape index (κ2) is 7.55. The molecule has 1 aliphatic rings. The summed E-state index contributed by atoms with van der Waals surface area (Å²) in [6.07, 6.45) is 0.202. The predicted molar refractivity (Wildman–Crippen MR) is 98.7 cm³/mol. The number of amides is 4. The number of benzene rings is 2. The van der Waals surface area contributed by atoms with Crippen LogP contribution in [0.15, 0.2) is 42.5 Å². The van der Waals surface area contributed by atoms with Gasteiger partial charge in [-0.15, -0.1) is 0 Å². The maximum atomic E-state index is 13.8. The number of halogens is 3. The highest BCUT2D eigenvalue weighted by molar-refractivity contribution is 6.30. The minimum absolute atomic E-state index is 0.123. The topological polar surface area (TPSA) is 78.5 Å². The molecule has 1 heterocycles. The van der Waals surface area contributed by atoms with E-state index >= 15 is 0 Å². The molecule has 1 fully saturated rings. The Kier molecular flexibility index (Phi) is 5.33. The summed E-state index contributed by atoms with van der Waals surface area (Å²) >= 11 is 5.66. The van der Waals surface area contributed by atoms with E-state index in [2.05, 4.69) is 10.6 Å². The molecule has 0 aliphatic carbocycles. The lowest BCUT2D eigenvalue weighted by atomic mass is 9.87. The van der Waals surface area contributed by atoms with Crippen molar-refractivity contribution in [2.75, 3.05) is 11.9 Å². The van der Waals surface area contributed by atoms with Gasteiger partial charge in [-0.3, -0.25) is 14.5 Å². The maximum Gasteiger partial charge on any atom is 0.325 e. The number of urea groups is 1. The molecule has 2 aromatic rings. The van der Waals surface area contributed by atoms with Crippen molar-refractivity contribution in [3.8, 4) is 0 Å². The number of hydrogen-bond donors (Lipinski definition) is 2. The van der Waals surface area contributed by atoms with Crippen molar-refractivity contribution >= 4 is 35.1 Å². The SMILES string of the molecule is CC[C@@]1(c2ccc(F)cc2)NC(=O)N(CC(=O)Nc2ccc(Cl)cc2F)C1=O. The highest BCUT2D eigenvalue weighted by Crippen LogP contribution is 2.32. The van der Waals surface area contributed by atoms with Crippen LogP contribution in [0.3, 0.4) is 0 Å². The first kappa shape index (κ1) is 19.8. The number of hydrogen-bond acceptors (Lipinski definition) is 3. The summed E-state index contributed by atoms with van der Waals surface area (Å²) in [7, 11) is 0. The number of carbonyl (C=O) groups excluding carboxylic acids is 3. The average molecular weight is 408 g/mol. The van der Waals surface area contributed by atoms with Crippen molar-refractivity contribution in [3.05, 3.63) is 64.7 Å². The van der Waals surface area contributed by atoms with Gasteiger partial charge in [-0.1, -0.05) is 30.7 Å². The molecule has 2 N–H and O–H groups in total. The number of rotatable bonds is 5. The first-order valence-electron chi connectivity index (χ1n) is 8.42. The van der Waals surface area contributed by atoms with Crippen LogP contribution in [0.4, 0.5) is 19.3 Å². The molecule has 1 atom stereocenters. The highest BCUT2D eigenvalue weighted by Gasteiger charge is 2.51. The summed E-state index contributed by atoms with van der Waals surface area (Å²) in [6, 6.07) is 8.12. The summed E-state index contributed by atoms with van der Waals surface area (Å²) in [5, 5.41) is 5.05. The van der Waals surface area contributed by atoms with Crippen molar-refractivity contribution < 1.29 is 23.2 Å². The van der Waals surface area contributed by atoms with Crippen molar-refractivity contribution in [1.82, 2.24) is 10.2 Å². The quantitative estimate of drug-likeness (QED) is 0.745. The molecule has 4 amide bonds. The second-order valence-electron chi connectivity index (χ2n) is 6.26. The Morgan fingerprint density at radius 3 is 2.46 bits per heavy atom. The van der Waals surface area contributed by atoms with Gasteiger partial charge in [0, 0.05) is 5.02 Å². The van der Waals surface area contributed by atoms with E-state index in [9.17, 15) is 23.2 Å². The lowest BCUT2D eigenvalue weighted by Gasteiger charge is -2.25. The van der Waals surface area contributed by atoms with Crippen molar-refractivity contribution in [3.63, 3.8) is 0 Å². The second-order valence-corrected chi connectivity index (χ2v) is 6.70. The summed E-state index contributed by atoms with van der Waals surface area (Å²) in [5.41, 5.74) is -1.11. The first-order valence-corrected chi connectivity index (χ1v) is 8.79. The van der Waals surface area contributed by atoms with Crippen LogP contribution in [-0.2, 0) is 15.1 Å². The maximum absolute atomic E-state index is 13.8. The van der Waals surface area contributed by atoms with Crippen molar-refractivity contribution in [2.45, 2.75) is 18.9 Å². The Labute approximate surface area is 164 Å². The monoisotopic (exact) mass is 407 g/mol. The Bertz CT molecular complexity index is 952. The van der Waals surface area contributed by atoms with Gasteiger partial charge >= 0.3 is 6.03 Å². The summed E-state index contributed by atoms with van der Waals surface area (Å²) in [4.78, 5) is 38.3. The van der Waals surface area contributed by atoms with E-state index in [-0.39, 0.29) is 17.1 Å². The van der Waals surface area contributed by atoms with Gasteiger partial charge in [0.05, 0.1) is 5.69 Å². The van der Waals surface area contributed by atoms with E-state index in [1.165, 1.54) is 36.4 Å². The summed E-state index contributed by atoms with van der Waals surface area (Å²) in [5.74, 6) is -2.62. The van der Waals surface area contributed by atoms with Gasteiger partial charge < -0.3 is 10.6 Å². The molecule has 0 saturated carbocycles. The Hall–Kier alpha value is -3.00. The zero-order valence-corrected chi connectivity index (χ0v) is 15.5. The minimum Gasteiger partial charge on any atom is -0.322 e. The number of nitrogens with one attached hydrogen (secondary N) is 2. The van der Waals surface area contributed by atoms with Crippen LogP contribution in [0.1, 0.15) is 18.9 Å². The van der Waals surface area contributed by atoms with Gasteiger partial charge in [-0.2, -0.15) is 0 Å². The molecule has 0 bridgehead atoms. The van der Waals surface area contributed by atoms with Gasteiger partial charge in [0.25, 0.3) is 5.91 Å². The summed E-state index contributed by atoms with van der Waals surface area (Å²) in [6.45, 7) is 1.09. The third kappa shape index (κ3) is 3.55. The molecule has 1 saturated heterocycles. The van der Waals surface area contributed by atoms with Crippen LogP contribution in [0.5, 0.6) is 0 Å². The lowest BCUT2D eigenvalue weighted by Crippen LogP contribution is -2.44. The molecule has 0 radical (unpaired) electrons. The predicted octanol–water partition coefficient (Wildman–Crippen LogP) is 3.41. The Balaban J connectivity index is 1.79. The third-order valence-corrected chi connectivity index (χ3v) is 4.79. The zero-order valence-electron chi connectivity index (χ0n) is 14.8. The molecular formula is C19H16ClF2N3O3. The molecule has 28 heavy (non-hydrogen) atoms. The van der Waals surface area contributed by atoms with Gasteiger partial charge in [-0.05, 0) is 42.3 Å². The van der Waals surface area contributed by atoms with E-state index in [1.807, 2.05) is 0 Å². The van der Waals surface area contributed by atoms with Crippen LogP contribution in [0, 0.1) is 11.6 Å². The Morgan fingerprint density at radius 1 is 1.18 bits per heavy atom. The first-order chi connectivity index (χ1) is 13.3. The number of anilines is 1. The molecular weight excluding hydrogens is 392 g/mol. The zero-order chi connectivity index (χ0) is 20.5. The van der Waals surface area contributed by atoms with E-state index in [0.29, 0.717) is 5.56 Å². The average Bonchev–Trinajstić information content (AvgIpc) is 2.90. The minimum atomic E-state index is -1.39. The molecule has 2 aromatic carbocycles. The van der Waals surface area contributed by atoms with E-state index < -0.39 is 41.6 Å². The van der Waals surface area contributed by atoms with Crippen LogP contribution in [-0.4, -0.2) is 29.3 Å². The van der Waals surface area contributed by atoms with E-state index in [0.717, 1.165) is 11.0 Å². The molecule has 0 spiro atoms. The van der Waals surface area contributed by atoms with Gasteiger partial charge in [0.2, 0.25) is 5.91 Å². The smallest absolute Gasteiger partial charge is 0.322 e. The van der Waals surface area contributed by atoms with Gasteiger partial charge in [0.1, 0.15) is 23.7 Å². The standard InChI is InChI=1S/C19H16ClF2N3O3/c1-2-19(11-3-6-13(21)7-4-11)17(27)25(18(28)24-19)10-16(26)23-15-8-5-12(20)9-14(15)22/h3-9H,2,10H2,1H3,(H,23,26)(H,24,28)/t19-/m0/s1. The number of carbonyl (C=O) groups is 3. The number of imide groups is 1. The largest absolute Gasteiger partial charge is 0.325 e. The molecule has 146 valence electrons. The molecule has 0 aromatic heterocycles. The Morgan fingerprint density at radius 2 is 1.86 bits per heavy atom. The molecule has 0 unspecified atom stereocenters. The fraction of sp³-hybridized carbons (Fsp3) is 0.211. The van der Waals surface area contributed by atoms with Crippen LogP contribution in [0.2, 0.25) is 5.02 Å². The fourth-order valence-electron chi connectivity index (χ4n) is 3.07. The van der Waals surface area contributed by atoms with Crippen LogP contribution >= 0.6 is 11.6 Å². The van der Waals surface area contributed by atoms with E-state index in [1.54, 1.807) is 6.92 Å². The van der Waals surface area contributed by atoms with Crippen LogP contribution < -0.4 is 10.6 Å². The number of nitrogens with zero attached hydrogens (tertiary/aromatic N) is 1.